The van der Waals surface area contributed by atoms with E-state index in [9.17, 15) is 0 Å². The Morgan fingerprint density at radius 3 is 3.12 bits per heavy atom. The van der Waals surface area contributed by atoms with E-state index in [0.717, 1.165) is 19.8 Å². The lowest BCUT2D eigenvalue weighted by Gasteiger charge is -2.10. The molecule has 0 amide bonds. The fraction of sp³-hybridized carbons (Fsp3) is 1.00. The topological polar surface area (TPSA) is 41.3 Å². The second-order valence-electron chi connectivity index (χ2n) is 2.18. The quantitative estimate of drug-likeness (QED) is 0.418. The van der Waals surface area contributed by atoms with Crippen LogP contribution in [-0.4, -0.2) is 24.8 Å². The van der Waals surface area contributed by atoms with E-state index in [2.05, 4.69) is 5.32 Å². The van der Waals surface area contributed by atoms with Crippen molar-refractivity contribution < 1.29 is 0 Å². The molecule has 0 aromatic heterocycles. The summed E-state index contributed by atoms with van der Waals surface area (Å²) >= 11 is 0. The summed E-state index contributed by atoms with van der Waals surface area (Å²) in [4.78, 5) is 0. The molecule has 1 heterocycles. The van der Waals surface area contributed by atoms with Crippen LogP contribution in [-0.2, 0) is 0 Å². The van der Waals surface area contributed by atoms with Crippen LogP contribution in [0.2, 0.25) is 0 Å². The molecule has 0 radical (unpaired) electrons. The summed E-state index contributed by atoms with van der Waals surface area (Å²) in [6, 6.07) is 0. The average molecular weight is 115 g/mol. The van der Waals surface area contributed by atoms with E-state index in [1.165, 1.54) is 12.8 Å². The van der Waals surface area contributed by atoms with Gasteiger partial charge in [0.05, 0.1) is 6.67 Å². The molecule has 1 aliphatic rings. The van der Waals surface area contributed by atoms with E-state index in [0.29, 0.717) is 0 Å². The van der Waals surface area contributed by atoms with Gasteiger partial charge in [-0.1, -0.05) is 0 Å². The summed E-state index contributed by atoms with van der Waals surface area (Å²) in [6.07, 6.45) is 2.48. The molecule has 3 N–H and O–H groups in total. The van der Waals surface area contributed by atoms with E-state index < -0.39 is 0 Å². The minimum absolute atomic E-state index is 0.847. The number of rotatable bonds is 0. The minimum Gasteiger partial charge on any atom is -0.303 e. The van der Waals surface area contributed by atoms with Gasteiger partial charge in [0.2, 0.25) is 0 Å². The Bertz CT molecular complexity index is 56.7. The second kappa shape index (κ2) is 3.02. The maximum Gasteiger partial charge on any atom is 0.0618 e. The number of hydrogen-bond donors (Lipinski definition) is 2. The fourth-order valence-corrected chi connectivity index (χ4v) is 0.867. The van der Waals surface area contributed by atoms with Gasteiger partial charge in [-0.15, -0.1) is 0 Å². The number of nitrogens with zero attached hydrogens (tertiary/aromatic N) is 1. The predicted molar refractivity (Wildman–Crippen MR) is 33.0 cm³/mol. The van der Waals surface area contributed by atoms with Crippen LogP contribution in [0.25, 0.3) is 0 Å². The molecule has 1 saturated heterocycles. The largest absolute Gasteiger partial charge is 0.303 e. The summed E-state index contributed by atoms with van der Waals surface area (Å²) in [5, 5.41) is 5.01. The molecule has 0 unspecified atom stereocenters. The lowest BCUT2D eigenvalue weighted by Crippen LogP contribution is -2.37. The Morgan fingerprint density at radius 2 is 2.25 bits per heavy atom. The van der Waals surface area contributed by atoms with Gasteiger partial charge >= 0.3 is 0 Å². The number of hydrogen-bond acceptors (Lipinski definition) is 3. The van der Waals surface area contributed by atoms with Crippen LogP contribution in [0.15, 0.2) is 0 Å². The van der Waals surface area contributed by atoms with E-state index in [1.807, 2.05) is 5.01 Å². The lowest BCUT2D eigenvalue weighted by atomic mass is 10.3. The Labute approximate surface area is 49.8 Å². The van der Waals surface area contributed by atoms with Crippen LogP contribution in [0, 0.1) is 0 Å². The van der Waals surface area contributed by atoms with Gasteiger partial charge < -0.3 is 5.32 Å². The van der Waals surface area contributed by atoms with E-state index in [-0.39, 0.29) is 0 Å². The Balaban J connectivity index is 2.17. The first-order valence-electron chi connectivity index (χ1n) is 3.10. The van der Waals surface area contributed by atoms with Gasteiger partial charge in [-0.3, -0.25) is 5.84 Å². The predicted octanol–water partition coefficient (Wildman–Crippen LogP) is -0.497. The van der Waals surface area contributed by atoms with Crippen molar-refractivity contribution in [2.45, 2.75) is 12.8 Å². The van der Waals surface area contributed by atoms with Crippen LogP contribution in [0.3, 0.4) is 0 Å². The first kappa shape index (κ1) is 6.01. The van der Waals surface area contributed by atoms with Crippen LogP contribution in [0.4, 0.5) is 0 Å². The third-order valence-corrected chi connectivity index (χ3v) is 1.36. The van der Waals surface area contributed by atoms with Gasteiger partial charge in [0, 0.05) is 6.54 Å². The zero-order valence-corrected chi connectivity index (χ0v) is 5.06. The number of hydrazine groups is 1. The molecule has 0 spiro atoms. The summed E-state index contributed by atoms with van der Waals surface area (Å²) in [5.74, 6) is 5.51. The third-order valence-electron chi connectivity index (χ3n) is 1.36. The summed E-state index contributed by atoms with van der Waals surface area (Å²) in [7, 11) is 0. The van der Waals surface area contributed by atoms with Crippen molar-refractivity contribution >= 4 is 0 Å². The lowest BCUT2D eigenvalue weighted by molar-refractivity contribution is 0.281. The van der Waals surface area contributed by atoms with Crippen molar-refractivity contribution in [1.82, 2.24) is 10.3 Å². The second-order valence-corrected chi connectivity index (χ2v) is 2.18. The highest BCUT2D eigenvalue weighted by atomic mass is 15.4. The molecule has 48 valence electrons. The van der Waals surface area contributed by atoms with Gasteiger partial charge in [-0.05, 0) is 19.4 Å². The van der Waals surface area contributed by atoms with Crippen molar-refractivity contribution in [2.75, 3.05) is 19.8 Å². The maximum absolute atomic E-state index is 5.51. The Morgan fingerprint density at radius 1 is 1.38 bits per heavy atom. The molecule has 8 heavy (non-hydrogen) atoms. The third kappa shape index (κ3) is 1.78. The maximum atomic E-state index is 5.51. The molecule has 0 aromatic carbocycles. The smallest absolute Gasteiger partial charge is 0.0618 e. The highest BCUT2D eigenvalue weighted by molar-refractivity contribution is 4.55. The highest BCUT2D eigenvalue weighted by Crippen LogP contribution is 1.92. The molecular formula is C5H13N3. The van der Waals surface area contributed by atoms with Gasteiger partial charge in [0.25, 0.3) is 0 Å². The molecule has 3 nitrogen and oxygen atoms in total. The molecule has 1 fully saturated rings. The summed E-state index contributed by atoms with van der Waals surface area (Å²) in [5.41, 5.74) is 0. The zero-order chi connectivity index (χ0) is 5.82. The molecule has 0 aromatic rings. The molecule has 0 atom stereocenters. The van der Waals surface area contributed by atoms with Crippen molar-refractivity contribution in [2.24, 2.45) is 5.84 Å². The Hall–Kier alpha value is -0.120. The molecule has 1 rings (SSSR count). The van der Waals surface area contributed by atoms with Crippen molar-refractivity contribution in [1.29, 1.82) is 0 Å². The SMILES string of the molecule is NN1CCCCNC1. The molecular weight excluding hydrogens is 102 g/mol. The van der Waals surface area contributed by atoms with Gasteiger partial charge in [0.15, 0.2) is 0 Å². The van der Waals surface area contributed by atoms with Crippen LogP contribution < -0.4 is 11.2 Å². The van der Waals surface area contributed by atoms with Crippen LogP contribution in [0.1, 0.15) is 12.8 Å². The summed E-state index contributed by atoms with van der Waals surface area (Å²) in [6.45, 7) is 3.00. The first-order chi connectivity index (χ1) is 3.89. The number of nitrogens with one attached hydrogen (secondary N) is 1. The molecule has 0 bridgehead atoms. The molecule has 0 saturated carbocycles. The van der Waals surface area contributed by atoms with Gasteiger partial charge in [-0.2, -0.15) is 0 Å². The Kier molecular flexibility index (Phi) is 2.27. The molecule has 3 heteroatoms. The number of nitrogens with two attached hydrogens (primary N) is 1. The van der Waals surface area contributed by atoms with Crippen LogP contribution in [0.5, 0.6) is 0 Å². The normalized spacial score (nSPS) is 25.1. The molecule has 0 aliphatic carbocycles. The van der Waals surface area contributed by atoms with Crippen LogP contribution >= 0.6 is 0 Å². The monoisotopic (exact) mass is 115 g/mol. The standard InChI is InChI=1S/C5H13N3/c6-8-4-2-1-3-7-5-8/h7H,1-6H2. The van der Waals surface area contributed by atoms with Gasteiger partial charge in [-0.25, -0.2) is 5.01 Å². The van der Waals surface area contributed by atoms with Gasteiger partial charge in [0.1, 0.15) is 0 Å². The van der Waals surface area contributed by atoms with Crippen molar-refractivity contribution in [3.63, 3.8) is 0 Å². The van der Waals surface area contributed by atoms with E-state index in [1.54, 1.807) is 0 Å². The average Bonchev–Trinajstić information content (AvgIpc) is 1.94. The summed E-state index contributed by atoms with van der Waals surface area (Å²) < 4.78 is 0. The van der Waals surface area contributed by atoms with E-state index >= 15 is 0 Å². The fourth-order valence-electron chi connectivity index (χ4n) is 0.867. The zero-order valence-electron chi connectivity index (χ0n) is 5.06. The van der Waals surface area contributed by atoms with Crippen molar-refractivity contribution in [3.05, 3.63) is 0 Å². The van der Waals surface area contributed by atoms with Crippen molar-refractivity contribution in [3.8, 4) is 0 Å². The minimum atomic E-state index is 0.847. The molecule has 1 aliphatic heterocycles. The highest BCUT2D eigenvalue weighted by Gasteiger charge is 2.00. The van der Waals surface area contributed by atoms with E-state index in [4.69, 9.17) is 5.84 Å². The first-order valence-corrected chi connectivity index (χ1v) is 3.10.